The minimum absolute atomic E-state index is 0.163. The van der Waals surface area contributed by atoms with Crippen LogP contribution in [0.1, 0.15) is 18.9 Å². The number of ether oxygens (including phenoxy) is 1. The monoisotopic (exact) mass is 269 g/mol. The highest BCUT2D eigenvalue weighted by Crippen LogP contribution is 2.21. The Balaban J connectivity index is 2.05. The molecule has 98 valence electrons. The number of nitrogens with one attached hydrogen (secondary N) is 1. The summed E-state index contributed by atoms with van der Waals surface area (Å²) in [6.45, 7) is 4.35. The Hall–Kier alpha value is -0.900. The molecule has 2 rings (SSSR count). The van der Waals surface area contributed by atoms with Gasteiger partial charge in [-0.25, -0.2) is 4.39 Å². The number of morpholine rings is 1. The van der Waals surface area contributed by atoms with E-state index in [1.165, 1.54) is 0 Å². The van der Waals surface area contributed by atoms with Gasteiger partial charge in [-0.05, 0) is 19.4 Å². The quantitative estimate of drug-likeness (QED) is 0.909. The van der Waals surface area contributed by atoms with Crippen LogP contribution in [0.5, 0.6) is 0 Å². The zero-order valence-corrected chi connectivity index (χ0v) is 11.1. The van der Waals surface area contributed by atoms with Crippen LogP contribution in [0.2, 0.25) is 5.02 Å². The number of benzene rings is 1. The zero-order valence-electron chi connectivity index (χ0n) is 10.4. The Morgan fingerprint density at radius 1 is 1.61 bits per heavy atom. The summed E-state index contributed by atoms with van der Waals surface area (Å²) >= 11 is 5.75. The molecular weight excluding hydrogens is 253 g/mol. The smallest absolute Gasteiger partial charge is 0.148 e. The third-order valence-electron chi connectivity index (χ3n) is 2.95. The lowest BCUT2D eigenvalue weighted by Gasteiger charge is -2.24. The molecular formula is C14H17ClFNO. The predicted octanol–water partition coefficient (Wildman–Crippen LogP) is 3.26. The molecule has 4 heteroatoms. The first-order valence-corrected chi connectivity index (χ1v) is 6.47. The van der Waals surface area contributed by atoms with Crippen LogP contribution in [-0.4, -0.2) is 25.8 Å². The van der Waals surface area contributed by atoms with E-state index in [-0.39, 0.29) is 10.8 Å². The Bertz CT molecular complexity index is 441. The van der Waals surface area contributed by atoms with Gasteiger partial charge in [0.15, 0.2) is 0 Å². The lowest BCUT2D eigenvalue weighted by molar-refractivity contribution is 0.0771. The van der Waals surface area contributed by atoms with Crippen LogP contribution in [0.3, 0.4) is 0 Å². The third-order valence-corrected chi connectivity index (χ3v) is 3.24. The SMILES string of the molecule is C/C(=C/c1cccc(Cl)c1F)CC1COCCN1. The molecule has 1 heterocycles. The molecule has 1 unspecified atom stereocenters. The van der Waals surface area contributed by atoms with Gasteiger partial charge in [-0.15, -0.1) is 0 Å². The number of hydrogen-bond acceptors (Lipinski definition) is 2. The summed E-state index contributed by atoms with van der Waals surface area (Å²) in [6, 6.07) is 5.36. The fraction of sp³-hybridized carbons (Fsp3) is 0.429. The second-order valence-electron chi connectivity index (χ2n) is 4.56. The van der Waals surface area contributed by atoms with E-state index in [1.807, 2.05) is 13.0 Å². The summed E-state index contributed by atoms with van der Waals surface area (Å²) in [4.78, 5) is 0. The van der Waals surface area contributed by atoms with Crippen LogP contribution in [0.25, 0.3) is 6.08 Å². The molecule has 0 aromatic heterocycles. The van der Waals surface area contributed by atoms with E-state index in [2.05, 4.69) is 5.32 Å². The zero-order chi connectivity index (χ0) is 13.0. The van der Waals surface area contributed by atoms with E-state index in [9.17, 15) is 4.39 Å². The molecule has 0 aliphatic carbocycles. The van der Waals surface area contributed by atoms with Gasteiger partial charge in [0.1, 0.15) is 5.82 Å². The highest BCUT2D eigenvalue weighted by molar-refractivity contribution is 6.30. The number of halogens is 2. The predicted molar refractivity (Wildman–Crippen MR) is 72.3 cm³/mol. The van der Waals surface area contributed by atoms with Crippen molar-refractivity contribution in [2.24, 2.45) is 0 Å². The molecule has 0 bridgehead atoms. The van der Waals surface area contributed by atoms with Gasteiger partial charge in [0.2, 0.25) is 0 Å². The molecule has 1 atom stereocenters. The fourth-order valence-electron chi connectivity index (χ4n) is 2.10. The first-order chi connectivity index (χ1) is 8.66. The topological polar surface area (TPSA) is 21.3 Å². The fourth-order valence-corrected chi connectivity index (χ4v) is 2.28. The van der Waals surface area contributed by atoms with Crippen LogP contribution < -0.4 is 5.32 Å². The molecule has 18 heavy (non-hydrogen) atoms. The average Bonchev–Trinajstić information content (AvgIpc) is 2.36. The third kappa shape index (κ3) is 3.55. The van der Waals surface area contributed by atoms with Crippen molar-refractivity contribution in [2.75, 3.05) is 19.8 Å². The van der Waals surface area contributed by atoms with E-state index in [0.29, 0.717) is 18.2 Å². The number of rotatable bonds is 3. The highest BCUT2D eigenvalue weighted by Gasteiger charge is 2.13. The standard InChI is InChI=1S/C14H17ClFNO/c1-10(8-12-9-18-6-5-17-12)7-11-3-2-4-13(15)14(11)16/h2-4,7,12,17H,5-6,8-9H2,1H3/b10-7-. The summed E-state index contributed by atoms with van der Waals surface area (Å²) in [5, 5.41) is 3.54. The second kappa shape index (κ2) is 6.32. The first-order valence-electron chi connectivity index (χ1n) is 6.09. The van der Waals surface area contributed by atoms with E-state index in [0.717, 1.165) is 25.1 Å². The number of hydrogen-bond donors (Lipinski definition) is 1. The van der Waals surface area contributed by atoms with Crippen molar-refractivity contribution in [2.45, 2.75) is 19.4 Å². The molecule has 0 spiro atoms. The molecule has 0 radical (unpaired) electrons. The van der Waals surface area contributed by atoms with Gasteiger partial charge < -0.3 is 10.1 Å². The molecule has 1 N–H and O–H groups in total. The minimum Gasteiger partial charge on any atom is -0.379 e. The van der Waals surface area contributed by atoms with Crippen LogP contribution in [0, 0.1) is 5.82 Å². The molecule has 1 aromatic carbocycles. The summed E-state index contributed by atoms with van der Waals surface area (Å²) in [6.07, 6.45) is 2.70. The van der Waals surface area contributed by atoms with Crippen LogP contribution in [0.4, 0.5) is 4.39 Å². The maximum absolute atomic E-state index is 13.7. The molecule has 0 amide bonds. The Kier molecular flexibility index (Phi) is 4.75. The summed E-state index contributed by atoms with van der Waals surface area (Å²) in [5.41, 5.74) is 1.65. The van der Waals surface area contributed by atoms with Gasteiger partial charge in [0, 0.05) is 18.2 Å². The van der Waals surface area contributed by atoms with Crippen molar-refractivity contribution in [1.82, 2.24) is 5.32 Å². The first kappa shape index (κ1) is 13.5. The summed E-state index contributed by atoms with van der Waals surface area (Å²) < 4.78 is 19.1. The van der Waals surface area contributed by atoms with Crippen molar-refractivity contribution >= 4 is 17.7 Å². The van der Waals surface area contributed by atoms with Gasteiger partial charge >= 0.3 is 0 Å². The highest BCUT2D eigenvalue weighted by atomic mass is 35.5. The van der Waals surface area contributed by atoms with Gasteiger partial charge in [0.25, 0.3) is 0 Å². The van der Waals surface area contributed by atoms with E-state index < -0.39 is 0 Å². The lowest BCUT2D eigenvalue weighted by Crippen LogP contribution is -2.41. The molecule has 1 fully saturated rings. The van der Waals surface area contributed by atoms with Gasteiger partial charge in [-0.2, -0.15) is 0 Å². The Morgan fingerprint density at radius 3 is 3.17 bits per heavy atom. The van der Waals surface area contributed by atoms with Gasteiger partial charge in [-0.3, -0.25) is 0 Å². The molecule has 0 saturated carbocycles. The Morgan fingerprint density at radius 2 is 2.44 bits per heavy atom. The van der Waals surface area contributed by atoms with Crippen molar-refractivity contribution in [3.8, 4) is 0 Å². The van der Waals surface area contributed by atoms with Crippen LogP contribution in [-0.2, 0) is 4.74 Å². The normalized spacial score (nSPS) is 21.1. The van der Waals surface area contributed by atoms with E-state index in [1.54, 1.807) is 18.2 Å². The van der Waals surface area contributed by atoms with Gasteiger partial charge in [-0.1, -0.05) is 35.4 Å². The molecule has 2 nitrogen and oxygen atoms in total. The van der Waals surface area contributed by atoms with Crippen LogP contribution in [0.15, 0.2) is 23.8 Å². The largest absolute Gasteiger partial charge is 0.379 e. The van der Waals surface area contributed by atoms with E-state index >= 15 is 0 Å². The van der Waals surface area contributed by atoms with Crippen molar-refractivity contribution in [3.63, 3.8) is 0 Å². The van der Waals surface area contributed by atoms with E-state index in [4.69, 9.17) is 16.3 Å². The average molecular weight is 270 g/mol. The maximum atomic E-state index is 13.7. The summed E-state index contributed by atoms with van der Waals surface area (Å²) in [5.74, 6) is -0.355. The molecule has 1 aromatic rings. The molecule has 1 saturated heterocycles. The van der Waals surface area contributed by atoms with Crippen molar-refractivity contribution in [1.29, 1.82) is 0 Å². The lowest BCUT2D eigenvalue weighted by atomic mass is 10.0. The second-order valence-corrected chi connectivity index (χ2v) is 4.97. The molecule has 1 aliphatic rings. The Labute approximate surface area is 112 Å². The van der Waals surface area contributed by atoms with Gasteiger partial charge in [0.05, 0.1) is 18.2 Å². The van der Waals surface area contributed by atoms with Crippen molar-refractivity contribution < 1.29 is 9.13 Å². The van der Waals surface area contributed by atoms with Crippen molar-refractivity contribution in [3.05, 3.63) is 40.2 Å². The summed E-state index contributed by atoms with van der Waals surface area (Å²) in [7, 11) is 0. The maximum Gasteiger partial charge on any atom is 0.148 e. The van der Waals surface area contributed by atoms with Crippen LogP contribution >= 0.6 is 11.6 Å². The molecule has 1 aliphatic heterocycles. The minimum atomic E-state index is -0.355.